The van der Waals surface area contributed by atoms with Crippen LogP contribution in [0.5, 0.6) is 0 Å². The van der Waals surface area contributed by atoms with Crippen molar-refractivity contribution in [2.45, 2.75) is 71.1 Å². The van der Waals surface area contributed by atoms with Crippen molar-refractivity contribution >= 4 is 0 Å². The molecule has 0 rings (SSSR count). The maximum absolute atomic E-state index is 8.92. The molecule has 0 saturated heterocycles. The van der Waals surface area contributed by atoms with Crippen LogP contribution in [0.1, 0.15) is 71.1 Å². The van der Waals surface area contributed by atoms with E-state index in [1.54, 1.807) is 0 Å². The largest absolute Gasteiger partial charge is 0.391 e. The number of ether oxygens (including phenoxy) is 1. The Morgan fingerprint density at radius 1 is 0.800 bits per heavy atom. The minimum Gasteiger partial charge on any atom is -0.391 e. The van der Waals surface area contributed by atoms with E-state index in [9.17, 15) is 0 Å². The second-order valence-corrected chi connectivity index (χ2v) is 6.60. The number of aliphatic hydroxyl groups excluding tert-OH is 1. The monoisotopic (exact) mass is 288 g/mol. The Bertz CT molecular complexity index is 195. The van der Waals surface area contributed by atoms with Crippen LogP contribution in [0.15, 0.2) is 0 Å². The third-order valence-corrected chi connectivity index (χ3v) is 3.79. The van der Waals surface area contributed by atoms with Crippen LogP contribution >= 0.6 is 0 Å². The average molecular weight is 288 g/mol. The molecule has 0 aliphatic rings. The number of hydrogen-bond donors (Lipinski definition) is 1. The number of likely N-dealkylation sites (N-methyl/N-ethyl adjacent to an activating group) is 1. The van der Waals surface area contributed by atoms with Gasteiger partial charge in [-0.15, -0.1) is 0 Å². The fourth-order valence-electron chi connectivity index (χ4n) is 2.34. The van der Waals surface area contributed by atoms with Crippen LogP contribution in [0.3, 0.4) is 0 Å². The predicted octanol–water partition coefficient (Wildman–Crippen LogP) is 3.95. The highest BCUT2D eigenvalue weighted by atomic mass is 16.5. The first-order valence-corrected chi connectivity index (χ1v) is 8.63. The maximum atomic E-state index is 8.92. The number of rotatable bonds is 15. The van der Waals surface area contributed by atoms with Crippen molar-refractivity contribution in [3.05, 3.63) is 0 Å². The topological polar surface area (TPSA) is 29.5 Å². The molecule has 0 radical (unpaired) electrons. The van der Waals surface area contributed by atoms with Crippen molar-refractivity contribution in [2.75, 3.05) is 40.6 Å². The zero-order valence-corrected chi connectivity index (χ0v) is 14.2. The summed E-state index contributed by atoms with van der Waals surface area (Å²) in [6.45, 7) is 4.83. The van der Waals surface area contributed by atoms with Crippen molar-refractivity contribution in [1.29, 1.82) is 0 Å². The molecule has 0 aliphatic heterocycles. The normalized spacial score (nSPS) is 12.0. The van der Waals surface area contributed by atoms with Crippen molar-refractivity contribution in [2.24, 2.45) is 0 Å². The van der Waals surface area contributed by atoms with E-state index in [0.29, 0.717) is 6.73 Å². The highest BCUT2D eigenvalue weighted by Gasteiger charge is 2.13. The third-order valence-electron chi connectivity index (χ3n) is 3.79. The molecule has 0 heterocycles. The fraction of sp³-hybridized carbons (Fsp3) is 1.00. The first-order chi connectivity index (χ1) is 9.62. The van der Waals surface area contributed by atoms with Crippen LogP contribution < -0.4 is 0 Å². The summed E-state index contributed by atoms with van der Waals surface area (Å²) < 4.78 is 6.43. The second kappa shape index (κ2) is 13.8. The summed E-state index contributed by atoms with van der Waals surface area (Å²) in [7, 11) is 4.18. The molecule has 0 aliphatic carbocycles. The molecule has 0 aromatic rings. The highest BCUT2D eigenvalue weighted by molar-refractivity contribution is 4.47. The molecule has 0 aromatic carbocycles. The zero-order valence-electron chi connectivity index (χ0n) is 14.2. The van der Waals surface area contributed by atoms with E-state index in [1.165, 1.54) is 64.2 Å². The van der Waals surface area contributed by atoms with E-state index >= 15 is 0 Å². The minimum absolute atomic E-state index is 0.231. The van der Waals surface area contributed by atoms with Crippen molar-refractivity contribution < 1.29 is 14.3 Å². The van der Waals surface area contributed by atoms with Crippen LogP contribution in [-0.4, -0.2) is 50.2 Å². The molecule has 122 valence electrons. The molecule has 0 atom stereocenters. The lowest BCUT2D eigenvalue weighted by Gasteiger charge is -2.28. The summed E-state index contributed by atoms with van der Waals surface area (Å²) in [4.78, 5) is 0. The summed E-state index contributed by atoms with van der Waals surface area (Å²) in [5, 5.41) is 8.92. The van der Waals surface area contributed by atoms with Gasteiger partial charge in [-0.1, -0.05) is 64.7 Å². The van der Waals surface area contributed by atoms with E-state index < -0.39 is 0 Å². The van der Waals surface area contributed by atoms with E-state index in [1.807, 2.05) is 0 Å². The molecule has 3 heteroatoms. The Hall–Kier alpha value is -0.120. The molecule has 0 aromatic heterocycles. The Morgan fingerprint density at radius 3 is 1.80 bits per heavy atom. The molecular weight excluding hydrogens is 250 g/mol. The van der Waals surface area contributed by atoms with Crippen molar-refractivity contribution in [1.82, 2.24) is 0 Å². The molecule has 20 heavy (non-hydrogen) atoms. The SMILES string of the molecule is CCCCCCCCCCCCOC[N+](C)(C)CCO. The maximum Gasteiger partial charge on any atom is 0.182 e. The molecule has 0 spiro atoms. The lowest BCUT2D eigenvalue weighted by molar-refractivity contribution is -0.910. The molecular formula is C17H38NO2+. The molecule has 0 bridgehead atoms. The average Bonchev–Trinajstić information content (AvgIpc) is 2.40. The lowest BCUT2D eigenvalue weighted by Crippen LogP contribution is -2.43. The Kier molecular flexibility index (Phi) is 13.8. The predicted molar refractivity (Wildman–Crippen MR) is 86.7 cm³/mol. The Morgan fingerprint density at radius 2 is 1.30 bits per heavy atom. The van der Waals surface area contributed by atoms with Gasteiger partial charge in [0.05, 0.1) is 27.3 Å². The summed E-state index contributed by atoms with van der Waals surface area (Å²) >= 11 is 0. The van der Waals surface area contributed by atoms with E-state index in [0.717, 1.165) is 17.6 Å². The summed E-state index contributed by atoms with van der Waals surface area (Å²) in [5.41, 5.74) is 0. The van der Waals surface area contributed by atoms with Gasteiger partial charge < -0.3 is 14.3 Å². The van der Waals surface area contributed by atoms with E-state index in [4.69, 9.17) is 9.84 Å². The van der Waals surface area contributed by atoms with Gasteiger partial charge >= 0.3 is 0 Å². The molecule has 0 unspecified atom stereocenters. The van der Waals surface area contributed by atoms with Crippen molar-refractivity contribution in [3.8, 4) is 0 Å². The molecule has 0 fully saturated rings. The molecule has 1 N–H and O–H groups in total. The number of quaternary nitrogens is 1. The smallest absolute Gasteiger partial charge is 0.182 e. The van der Waals surface area contributed by atoms with Crippen LogP contribution in [0.4, 0.5) is 0 Å². The summed E-state index contributed by atoms with van der Waals surface area (Å²) in [6.07, 6.45) is 13.6. The minimum atomic E-state index is 0.231. The quantitative estimate of drug-likeness (QED) is 0.281. The zero-order chi connectivity index (χ0) is 15.1. The first-order valence-electron chi connectivity index (χ1n) is 8.63. The third kappa shape index (κ3) is 14.3. The Balaban J connectivity index is 3.13. The van der Waals surface area contributed by atoms with E-state index in [-0.39, 0.29) is 6.61 Å². The lowest BCUT2D eigenvalue weighted by atomic mass is 10.1. The number of hydrogen-bond acceptors (Lipinski definition) is 2. The molecule has 0 saturated carbocycles. The van der Waals surface area contributed by atoms with E-state index in [2.05, 4.69) is 21.0 Å². The van der Waals surface area contributed by atoms with Crippen LogP contribution in [-0.2, 0) is 4.74 Å². The van der Waals surface area contributed by atoms with Gasteiger partial charge in [0.2, 0.25) is 0 Å². The van der Waals surface area contributed by atoms with Gasteiger partial charge in [-0.05, 0) is 6.42 Å². The molecule has 0 amide bonds. The second-order valence-electron chi connectivity index (χ2n) is 6.60. The summed E-state index contributed by atoms with van der Waals surface area (Å²) in [5.74, 6) is 0. The van der Waals surface area contributed by atoms with Crippen LogP contribution in [0, 0.1) is 0 Å². The van der Waals surface area contributed by atoms with Crippen molar-refractivity contribution in [3.63, 3.8) is 0 Å². The van der Waals surface area contributed by atoms with Crippen LogP contribution in [0.25, 0.3) is 0 Å². The highest BCUT2D eigenvalue weighted by Crippen LogP contribution is 2.10. The van der Waals surface area contributed by atoms with Gasteiger partial charge in [-0.3, -0.25) is 0 Å². The number of aliphatic hydroxyl groups is 1. The fourth-order valence-corrected chi connectivity index (χ4v) is 2.34. The van der Waals surface area contributed by atoms with Gasteiger partial charge in [0, 0.05) is 0 Å². The van der Waals surface area contributed by atoms with Gasteiger partial charge in [-0.25, -0.2) is 0 Å². The standard InChI is InChI=1S/C17H38NO2/c1-4-5-6-7-8-9-10-11-12-13-16-20-17-18(2,3)14-15-19/h19H,4-17H2,1-3H3/q+1. The number of nitrogens with zero attached hydrogens (tertiary/aromatic N) is 1. The van der Waals surface area contributed by atoms with Gasteiger partial charge in [-0.2, -0.15) is 0 Å². The number of unbranched alkanes of at least 4 members (excludes halogenated alkanes) is 9. The Labute approximate surface area is 126 Å². The van der Waals surface area contributed by atoms with Gasteiger partial charge in [0.15, 0.2) is 6.73 Å². The van der Waals surface area contributed by atoms with Gasteiger partial charge in [0.25, 0.3) is 0 Å². The first kappa shape index (κ1) is 19.9. The molecule has 3 nitrogen and oxygen atoms in total. The summed E-state index contributed by atoms with van der Waals surface area (Å²) in [6, 6.07) is 0. The van der Waals surface area contributed by atoms with Gasteiger partial charge in [0.1, 0.15) is 6.54 Å². The van der Waals surface area contributed by atoms with Crippen LogP contribution in [0.2, 0.25) is 0 Å².